The van der Waals surface area contributed by atoms with Gasteiger partial charge in [0, 0.05) is 22.4 Å². The normalized spacial score (nSPS) is 11.2. The minimum Gasteiger partial charge on any atom is -0.496 e. The van der Waals surface area contributed by atoms with Crippen molar-refractivity contribution in [2.75, 3.05) is 7.11 Å². The third kappa shape index (κ3) is 4.83. The average Bonchev–Trinajstić information content (AvgIpc) is 3.19. The zero-order chi connectivity index (χ0) is 19.1. The molecular formula is C20H17ClN4O2. The molecule has 6 nitrogen and oxygen atoms in total. The van der Waals surface area contributed by atoms with Gasteiger partial charge in [-0.2, -0.15) is 10.2 Å². The lowest BCUT2D eigenvalue weighted by Gasteiger charge is -2.02. The first-order chi connectivity index (χ1) is 13.2. The standard InChI is InChI=1S/C20H17ClN4O2/c1-27-19-7-3-2-5-15(19)6-4-12-22-25-20(26)18-13-17(23-24-18)14-8-10-16(21)11-9-14/h2-13H,1H3,(H,23,24)(H,25,26)/b6-4+,22-12-. The second-order valence-electron chi connectivity index (χ2n) is 5.49. The van der Waals surface area contributed by atoms with Gasteiger partial charge in [0.2, 0.25) is 0 Å². The maximum Gasteiger partial charge on any atom is 0.289 e. The van der Waals surface area contributed by atoms with Crippen LogP contribution in [0.25, 0.3) is 17.3 Å². The summed E-state index contributed by atoms with van der Waals surface area (Å²) < 4.78 is 5.26. The number of rotatable bonds is 6. The van der Waals surface area contributed by atoms with Crippen LogP contribution in [-0.2, 0) is 0 Å². The fourth-order valence-electron chi connectivity index (χ4n) is 2.36. The number of H-pyrrole nitrogens is 1. The molecule has 3 rings (SSSR count). The molecule has 136 valence electrons. The van der Waals surface area contributed by atoms with E-state index in [0.717, 1.165) is 16.9 Å². The number of ether oxygens (including phenoxy) is 1. The Morgan fingerprint density at radius 1 is 1.22 bits per heavy atom. The summed E-state index contributed by atoms with van der Waals surface area (Å²) >= 11 is 5.87. The van der Waals surface area contributed by atoms with Crippen LogP contribution >= 0.6 is 11.6 Å². The van der Waals surface area contributed by atoms with E-state index in [9.17, 15) is 4.79 Å². The molecule has 0 radical (unpaired) electrons. The van der Waals surface area contributed by atoms with Gasteiger partial charge in [-0.15, -0.1) is 0 Å². The highest BCUT2D eigenvalue weighted by molar-refractivity contribution is 6.30. The molecule has 0 aliphatic heterocycles. The van der Waals surface area contributed by atoms with Crippen molar-refractivity contribution < 1.29 is 9.53 Å². The Balaban J connectivity index is 1.58. The van der Waals surface area contributed by atoms with Gasteiger partial charge in [0.25, 0.3) is 5.91 Å². The number of methoxy groups -OCH3 is 1. The molecular weight excluding hydrogens is 364 g/mol. The van der Waals surface area contributed by atoms with Crippen molar-refractivity contribution in [2.45, 2.75) is 0 Å². The number of aromatic amines is 1. The van der Waals surface area contributed by atoms with E-state index in [-0.39, 0.29) is 5.91 Å². The fourth-order valence-corrected chi connectivity index (χ4v) is 2.48. The Morgan fingerprint density at radius 3 is 2.78 bits per heavy atom. The van der Waals surface area contributed by atoms with E-state index in [4.69, 9.17) is 16.3 Å². The maximum atomic E-state index is 12.1. The average molecular weight is 381 g/mol. The lowest BCUT2D eigenvalue weighted by molar-refractivity contribution is 0.0950. The zero-order valence-electron chi connectivity index (χ0n) is 14.5. The molecule has 3 aromatic rings. The van der Waals surface area contributed by atoms with Crippen LogP contribution in [0.5, 0.6) is 5.75 Å². The topological polar surface area (TPSA) is 79.4 Å². The summed E-state index contributed by atoms with van der Waals surface area (Å²) in [5, 5.41) is 11.4. The summed E-state index contributed by atoms with van der Waals surface area (Å²) in [5.41, 5.74) is 5.18. The molecule has 0 atom stereocenters. The number of carbonyl (C=O) groups is 1. The number of nitrogens with one attached hydrogen (secondary N) is 2. The summed E-state index contributed by atoms with van der Waals surface area (Å²) in [7, 11) is 1.61. The van der Waals surface area contributed by atoms with Crippen molar-refractivity contribution in [3.05, 3.63) is 77.0 Å². The van der Waals surface area contributed by atoms with Crippen molar-refractivity contribution in [1.29, 1.82) is 0 Å². The Morgan fingerprint density at radius 2 is 2.00 bits per heavy atom. The number of hydrazone groups is 1. The van der Waals surface area contributed by atoms with E-state index in [2.05, 4.69) is 20.7 Å². The highest BCUT2D eigenvalue weighted by Crippen LogP contribution is 2.20. The SMILES string of the molecule is COc1ccccc1/C=C/C=N\NC(=O)c1cc(-c2ccc(Cl)cc2)n[nH]1. The van der Waals surface area contributed by atoms with E-state index < -0.39 is 0 Å². The zero-order valence-corrected chi connectivity index (χ0v) is 15.3. The Labute approximate surface area is 161 Å². The Hall–Kier alpha value is -3.38. The molecule has 0 aliphatic rings. The summed E-state index contributed by atoms with van der Waals surface area (Å²) in [4.78, 5) is 12.1. The lowest BCUT2D eigenvalue weighted by Crippen LogP contribution is -2.17. The number of para-hydroxylation sites is 1. The molecule has 0 bridgehead atoms. The first-order valence-electron chi connectivity index (χ1n) is 8.12. The lowest BCUT2D eigenvalue weighted by atomic mass is 10.1. The largest absolute Gasteiger partial charge is 0.496 e. The number of carbonyl (C=O) groups excluding carboxylic acids is 1. The first kappa shape index (κ1) is 18.4. The van der Waals surface area contributed by atoms with Gasteiger partial charge in [-0.1, -0.05) is 41.9 Å². The van der Waals surface area contributed by atoms with Gasteiger partial charge in [0.1, 0.15) is 11.4 Å². The fraction of sp³-hybridized carbons (Fsp3) is 0.0500. The molecule has 0 aliphatic carbocycles. The molecule has 0 spiro atoms. The molecule has 2 N–H and O–H groups in total. The molecule has 2 aromatic carbocycles. The monoisotopic (exact) mass is 380 g/mol. The highest BCUT2D eigenvalue weighted by atomic mass is 35.5. The van der Waals surface area contributed by atoms with Crippen molar-refractivity contribution in [3.8, 4) is 17.0 Å². The molecule has 0 saturated carbocycles. The van der Waals surface area contributed by atoms with Crippen molar-refractivity contribution >= 4 is 29.8 Å². The van der Waals surface area contributed by atoms with Crippen molar-refractivity contribution in [3.63, 3.8) is 0 Å². The van der Waals surface area contributed by atoms with Crippen LogP contribution in [0, 0.1) is 0 Å². The summed E-state index contributed by atoms with van der Waals surface area (Å²) in [5.74, 6) is 0.378. The molecule has 0 saturated heterocycles. The third-order valence-corrected chi connectivity index (χ3v) is 3.96. The van der Waals surface area contributed by atoms with Crippen LogP contribution in [0.3, 0.4) is 0 Å². The number of aromatic nitrogens is 2. The van der Waals surface area contributed by atoms with Crippen LogP contribution in [0.15, 0.2) is 65.8 Å². The predicted molar refractivity (Wildman–Crippen MR) is 107 cm³/mol. The number of hydrogen-bond acceptors (Lipinski definition) is 4. The van der Waals surface area contributed by atoms with E-state index in [0.29, 0.717) is 16.4 Å². The van der Waals surface area contributed by atoms with E-state index in [1.807, 2.05) is 42.5 Å². The number of nitrogens with zero attached hydrogens (tertiary/aromatic N) is 2. The number of amides is 1. The molecule has 0 unspecified atom stereocenters. The van der Waals surface area contributed by atoms with Gasteiger partial charge >= 0.3 is 0 Å². The summed E-state index contributed by atoms with van der Waals surface area (Å²) in [6.45, 7) is 0. The minimum absolute atomic E-state index is 0.311. The van der Waals surface area contributed by atoms with Crippen molar-refractivity contribution in [1.82, 2.24) is 15.6 Å². The van der Waals surface area contributed by atoms with E-state index in [1.54, 1.807) is 31.4 Å². The molecule has 1 amide bonds. The molecule has 1 heterocycles. The second kappa shape index (κ2) is 8.82. The van der Waals surface area contributed by atoms with E-state index in [1.165, 1.54) is 6.21 Å². The quantitative estimate of drug-likeness (QED) is 0.497. The van der Waals surface area contributed by atoms with Crippen LogP contribution in [-0.4, -0.2) is 29.4 Å². The minimum atomic E-state index is -0.385. The van der Waals surface area contributed by atoms with Crippen molar-refractivity contribution in [2.24, 2.45) is 5.10 Å². The molecule has 0 fully saturated rings. The Kier molecular flexibility index (Phi) is 6.02. The molecule has 7 heteroatoms. The van der Waals surface area contributed by atoms with Crippen LogP contribution < -0.4 is 10.2 Å². The first-order valence-corrected chi connectivity index (χ1v) is 8.49. The number of benzene rings is 2. The summed E-state index contributed by atoms with van der Waals surface area (Å²) in [6, 6.07) is 16.5. The Bertz CT molecular complexity index is 978. The number of hydrogen-bond donors (Lipinski definition) is 2. The maximum absolute atomic E-state index is 12.1. The van der Waals surface area contributed by atoms with Crippen LogP contribution in [0.1, 0.15) is 16.1 Å². The van der Waals surface area contributed by atoms with Crippen LogP contribution in [0.2, 0.25) is 5.02 Å². The van der Waals surface area contributed by atoms with Gasteiger partial charge < -0.3 is 4.74 Å². The molecule has 27 heavy (non-hydrogen) atoms. The number of allylic oxidation sites excluding steroid dienone is 1. The van der Waals surface area contributed by atoms with Crippen LogP contribution in [0.4, 0.5) is 0 Å². The van der Waals surface area contributed by atoms with Gasteiger partial charge in [0.15, 0.2) is 0 Å². The highest BCUT2D eigenvalue weighted by Gasteiger charge is 2.10. The van der Waals surface area contributed by atoms with Gasteiger partial charge in [-0.3, -0.25) is 9.89 Å². The second-order valence-corrected chi connectivity index (χ2v) is 5.93. The summed E-state index contributed by atoms with van der Waals surface area (Å²) in [6.07, 6.45) is 5.04. The van der Waals surface area contributed by atoms with Gasteiger partial charge in [-0.25, -0.2) is 5.43 Å². The van der Waals surface area contributed by atoms with Gasteiger partial charge in [0.05, 0.1) is 12.8 Å². The molecule has 1 aromatic heterocycles. The smallest absolute Gasteiger partial charge is 0.289 e. The van der Waals surface area contributed by atoms with Gasteiger partial charge in [-0.05, 0) is 36.4 Å². The number of halogens is 1. The third-order valence-electron chi connectivity index (χ3n) is 3.70. The van der Waals surface area contributed by atoms with E-state index >= 15 is 0 Å². The predicted octanol–water partition coefficient (Wildman–Crippen LogP) is 4.17.